The Kier molecular flexibility index (Phi) is 4.42. The van der Waals surface area contributed by atoms with Crippen LogP contribution < -0.4 is 0 Å². The molecule has 0 saturated carbocycles. The second-order valence-corrected chi connectivity index (χ2v) is 7.01. The predicted octanol–water partition coefficient (Wildman–Crippen LogP) is 3.24. The first-order valence-electron chi connectivity index (χ1n) is 9.07. The normalized spacial score (nSPS) is 26.4. The van der Waals surface area contributed by atoms with Crippen LogP contribution in [0.3, 0.4) is 0 Å². The second-order valence-electron chi connectivity index (χ2n) is 7.01. The van der Waals surface area contributed by atoms with E-state index in [4.69, 9.17) is 9.47 Å². The highest BCUT2D eigenvalue weighted by Crippen LogP contribution is 2.35. The van der Waals surface area contributed by atoms with Gasteiger partial charge in [0.1, 0.15) is 0 Å². The molecule has 0 radical (unpaired) electrons. The van der Waals surface area contributed by atoms with Crippen molar-refractivity contribution in [1.82, 2.24) is 4.90 Å². The standard InChI is InChI=1S/C20H25NO3/c22-19(21-11-9-20(10-12-21)23-13-14-24-20)18-8-4-7-17(15-18)16-5-2-1-3-6-16/h1-3,5-7,18H,4,8-15H2/t18-/m1/s1. The third-order valence-electron chi connectivity index (χ3n) is 5.52. The molecule has 1 spiro atoms. The maximum Gasteiger partial charge on any atom is 0.226 e. The number of nitrogens with zero attached hydrogens (tertiary/aromatic N) is 1. The van der Waals surface area contributed by atoms with E-state index in [-0.39, 0.29) is 5.92 Å². The summed E-state index contributed by atoms with van der Waals surface area (Å²) in [6.07, 6.45) is 6.70. The van der Waals surface area contributed by atoms with Gasteiger partial charge in [-0.15, -0.1) is 0 Å². The van der Waals surface area contributed by atoms with Crippen molar-refractivity contribution in [2.24, 2.45) is 5.92 Å². The molecule has 4 rings (SSSR count). The Morgan fingerprint density at radius 1 is 1.08 bits per heavy atom. The molecule has 0 aromatic heterocycles. The van der Waals surface area contributed by atoms with Gasteiger partial charge in [-0.2, -0.15) is 0 Å². The van der Waals surface area contributed by atoms with Gasteiger partial charge in [-0.05, 0) is 30.4 Å². The average molecular weight is 327 g/mol. The minimum Gasteiger partial charge on any atom is -0.347 e. The number of rotatable bonds is 2. The summed E-state index contributed by atoms with van der Waals surface area (Å²) in [6.45, 7) is 2.86. The zero-order valence-electron chi connectivity index (χ0n) is 14.1. The summed E-state index contributed by atoms with van der Waals surface area (Å²) in [4.78, 5) is 15.0. The highest BCUT2D eigenvalue weighted by molar-refractivity contribution is 5.82. The van der Waals surface area contributed by atoms with Crippen molar-refractivity contribution in [3.63, 3.8) is 0 Å². The molecule has 24 heavy (non-hydrogen) atoms. The Bertz CT molecular complexity index is 609. The minimum absolute atomic E-state index is 0.115. The van der Waals surface area contributed by atoms with Crippen molar-refractivity contribution in [3.8, 4) is 0 Å². The van der Waals surface area contributed by atoms with Crippen molar-refractivity contribution in [2.75, 3.05) is 26.3 Å². The highest BCUT2D eigenvalue weighted by Gasteiger charge is 2.41. The number of piperidine rings is 1. The maximum atomic E-state index is 13.0. The van der Waals surface area contributed by atoms with Crippen LogP contribution in [0.4, 0.5) is 0 Å². The average Bonchev–Trinajstić information content (AvgIpc) is 3.11. The molecule has 1 aromatic rings. The molecular formula is C20H25NO3. The number of ether oxygens (including phenoxy) is 2. The van der Waals surface area contributed by atoms with Crippen molar-refractivity contribution in [3.05, 3.63) is 42.0 Å². The van der Waals surface area contributed by atoms with Crippen LogP contribution in [-0.2, 0) is 14.3 Å². The van der Waals surface area contributed by atoms with E-state index >= 15 is 0 Å². The number of allylic oxidation sites excluding steroid dienone is 2. The summed E-state index contributed by atoms with van der Waals surface area (Å²) in [7, 11) is 0. The first kappa shape index (κ1) is 15.9. The monoisotopic (exact) mass is 327 g/mol. The molecule has 4 heteroatoms. The van der Waals surface area contributed by atoms with E-state index in [9.17, 15) is 4.79 Å². The maximum absolute atomic E-state index is 13.0. The Hall–Kier alpha value is -1.65. The Morgan fingerprint density at radius 3 is 2.50 bits per heavy atom. The Morgan fingerprint density at radius 2 is 1.79 bits per heavy atom. The molecule has 4 nitrogen and oxygen atoms in total. The Balaban J connectivity index is 1.38. The molecule has 2 saturated heterocycles. The zero-order chi connectivity index (χ0) is 16.4. The lowest BCUT2D eigenvalue weighted by Crippen LogP contribution is -2.49. The van der Waals surface area contributed by atoms with Crippen molar-refractivity contribution in [2.45, 2.75) is 37.9 Å². The number of carbonyl (C=O) groups is 1. The second kappa shape index (κ2) is 6.69. The molecule has 1 amide bonds. The molecule has 0 bridgehead atoms. The largest absolute Gasteiger partial charge is 0.347 e. The first-order chi connectivity index (χ1) is 11.8. The summed E-state index contributed by atoms with van der Waals surface area (Å²) in [5.74, 6) is 0.0207. The molecule has 2 aliphatic heterocycles. The smallest absolute Gasteiger partial charge is 0.226 e. The van der Waals surface area contributed by atoms with Gasteiger partial charge in [0.15, 0.2) is 5.79 Å². The van der Waals surface area contributed by atoms with Gasteiger partial charge in [0, 0.05) is 31.8 Å². The molecule has 0 N–H and O–H groups in total. The van der Waals surface area contributed by atoms with Crippen LogP contribution in [0.25, 0.3) is 5.57 Å². The van der Waals surface area contributed by atoms with Crippen molar-refractivity contribution in [1.29, 1.82) is 0 Å². The Labute approximate surface area is 143 Å². The lowest BCUT2D eigenvalue weighted by Gasteiger charge is -2.39. The van der Waals surface area contributed by atoms with Gasteiger partial charge in [0.25, 0.3) is 0 Å². The van der Waals surface area contributed by atoms with Gasteiger partial charge in [-0.3, -0.25) is 4.79 Å². The number of hydrogen-bond acceptors (Lipinski definition) is 3. The van der Waals surface area contributed by atoms with Crippen LogP contribution in [0.5, 0.6) is 0 Å². The molecule has 3 aliphatic rings. The summed E-state index contributed by atoms with van der Waals surface area (Å²) in [5, 5.41) is 0. The van der Waals surface area contributed by atoms with Gasteiger partial charge in [-0.25, -0.2) is 0 Å². The third-order valence-corrected chi connectivity index (χ3v) is 5.52. The fourth-order valence-electron chi connectivity index (χ4n) is 4.12. The van der Waals surface area contributed by atoms with Gasteiger partial charge >= 0.3 is 0 Å². The minimum atomic E-state index is -0.404. The van der Waals surface area contributed by atoms with E-state index in [0.29, 0.717) is 19.1 Å². The first-order valence-corrected chi connectivity index (χ1v) is 9.07. The molecular weight excluding hydrogens is 302 g/mol. The molecule has 1 atom stereocenters. The van der Waals surface area contributed by atoms with E-state index in [1.54, 1.807) is 0 Å². The lowest BCUT2D eigenvalue weighted by molar-refractivity contribution is -0.188. The van der Waals surface area contributed by atoms with E-state index < -0.39 is 5.79 Å². The van der Waals surface area contributed by atoms with Gasteiger partial charge in [-0.1, -0.05) is 36.4 Å². The van der Waals surface area contributed by atoms with Crippen LogP contribution in [0.2, 0.25) is 0 Å². The van der Waals surface area contributed by atoms with Crippen LogP contribution in [0, 0.1) is 5.92 Å². The summed E-state index contributed by atoms with van der Waals surface area (Å²) in [6, 6.07) is 10.4. The number of carbonyl (C=O) groups excluding carboxylic acids is 1. The van der Waals surface area contributed by atoms with Crippen molar-refractivity contribution < 1.29 is 14.3 Å². The van der Waals surface area contributed by atoms with E-state index in [1.807, 2.05) is 11.0 Å². The third kappa shape index (κ3) is 3.13. The number of amides is 1. The van der Waals surface area contributed by atoms with Gasteiger partial charge < -0.3 is 14.4 Å². The van der Waals surface area contributed by atoms with Crippen LogP contribution in [-0.4, -0.2) is 42.9 Å². The summed E-state index contributed by atoms with van der Waals surface area (Å²) in [5.41, 5.74) is 2.57. The molecule has 128 valence electrons. The number of likely N-dealkylation sites (tertiary alicyclic amines) is 1. The van der Waals surface area contributed by atoms with Gasteiger partial charge in [0.05, 0.1) is 13.2 Å². The predicted molar refractivity (Wildman–Crippen MR) is 92.2 cm³/mol. The molecule has 1 aliphatic carbocycles. The van der Waals surface area contributed by atoms with Crippen molar-refractivity contribution >= 4 is 11.5 Å². The summed E-state index contributed by atoms with van der Waals surface area (Å²) < 4.78 is 11.5. The van der Waals surface area contributed by atoms with E-state index in [0.717, 1.165) is 45.2 Å². The van der Waals surface area contributed by atoms with Crippen LogP contribution in [0.1, 0.15) is 37.7 Å². The van der Waals surface area contributed by atoms with E-state index in [2.05, 4.69) is 30.3 Å². The molecule has 0 unspecified atom stereocenters. The highest BCUT2D eigenvalue weighted by atomic mass is 16.7. The SMILES string of the molecule is O=C([C@@H]1CCC=C(c2ccccc2)C1)N1CCC2(CC1)OCCO2. The number of benzene rings is 1. The summed E-state index contributed by atoms with van der Waals surface area (Å²) >= 11 is 0. The topological polar surface area (TPSA) is 38.8 Å². The lowest BCUT2D eigenvalue weighted by atomic mass is 9.84. The molecule has 1 aromatic carbocycles. The van der Waals surface area contributed by atoms with Gasteiger partial charge in [0.2, 0.25) is 5.91 Å². The zero-order valence-corrected chi connectivity index (χ0v) is 14.1. The fourth-order valence-corrected chi connectivity index (χ4v) is 4.12. The fraction of sp³-hybridized carbons (Fsp3) is 0.550. The van der Waals surface area contributed by atoms with E-state index in [1.165, 1.54) is 11.1 Å². The van der Waals surface area contributed by atoms with Crippen LogP contribution in [0.15, 0.2) is 36.4 Å². The quantitative estimate of drug-likeness (QED) is 0.837. The number of hydrogen-bond donors (Lipinski definition) is 0. The van der Waals surface area contributed by atoms with Crippen LogP contribution >= 0.6 is 0 Å². The molecule has 2 fully saturated rings. The molecule has 2 heterocycles.